The Hall–Kier alpha value is -2.44. The number of aromatic nitrogens is 1. The van der Waals surface area contributed by atoms with Gasteiger partial charge in [-0.25, -0.2) is 0 Å². The van der Waals surface area contributed by atoms with Gasteiger partial charge in [0.25, 0.3) is 0 Å². The summed E-state index contributed by atoms with van der Waals surface area (Å²) in [5, 5.41) is 3.09. The Morgan fingerprint density at radius 3 is 2.42 bits per heavy atom. The number of ether oxygens (including phenoxy) is 1. The van der Waals surface area contributed by atoms with E-state index in [-0.39, 0.29) is 11.8 Å². The maximum absolute atomic E-state index is 12.5. The van der Waals surface area contributed by atoms with E-state index in [2.05, 4.69) is 32.2 Å². The van der Waals surface area contributed by atoms with E-state index >= 15 is 0 Å². The van der Waals surface area contributed by atoms with Crippen LogP contribution in [-0.2, 0) is 17.9 Å². The van der Waals surface area contributed by atoms with E-state index in [1.54, 1.807) is 13.3 Å². The van der Waals surface area contributed by atoms with Gasteiger partial charge in [-0.1, -0.05) is 18.2 Å². The highest BCUT2D eigenvalue weighted by Crippen LogP contribution is 2.25. The van der Waals surface area contributed by atoms with Crippen LogP contribution < -0.4 is 10.1 Å². The van der Waals surface area contributed by atoms with Crippen molar-refractivity contribution in [2.24, 2.45) is 5.92 Å². The first-order chi connectivity index (χ1) is 15.2. The van der Waals surface area contributed by atoms with E-state index in [9.17, 15) is 4.79 Å². The van der Waals surface area contributed by atoms with Crippen molar-refractivity contribution < 1.29 is 9.53 Å². The van der Waals surface area contributed by atoms with Gasteiger partial charge in [0.1, 0.15) is 5.75 Å². The van der Waals surface area contributed by atoms with Crippen molar-refractivity contribution >= 4 is 5.91 Å². The highest BCUT2D eigenvalue weighted by molar-refractivity contribution is 5.78. The number of carbonyl (C=O) groups excluding carboxylic acids is 1. The highest BCUT2D eigenvalue weighted by atomic mass is 16.5. The average molecular weight is 423 g/mol. The third kappa shape index (κ3) is 6.05. The minimum atomic E-state index is 0.142. The number of piperidine rings is 2. The molecule has 31 heavy (non-hydrogen) atoms. The van der Waals surface area contributed by atoms with Gasteiger partial charge in [0.15, 0.2) is 0 Å². The van der Waals surface area contributed by atoms with Crippen molar-refractivity contribution in [3.8, 4) is 5.75 Å². The Morgan fingerprint density at radius 2 is 1.77 bits per heavy atom. The molecule has 0 unspecified atom stereocenters. The number of hydrogen-bond donors (Lipinski definition) is 1. The molecule has 2 saturated heterocycles. The molecule has 0 atom stereocenters. The molecule has 2 fully saturated rings. The maximum Gasteiger partial charge on any atom is 0.223 e. The monoisotopic (exact) mass is 422 g/mol. The van der Waals surface area contributed by atoms with Crippen LogP contribution in [0.25, 0.3) is 0 Å². The molecule has 6 heteroatoms. The first-order valence-electron chi connectivity index (χ1n) is 11.5. The predicted molar refractivity (Wildman–Crippen MR) is 122 cm³/mol. The zero-order valence-electron chi connectivity index (χ0n) is 18.5. The van der Waals surface area contributed by atoms with Gasteiger partial charge in [0.05, 0.1) is 7.11 Å². The fraction of sp³-hybridized carbons (Fsp3) is 0.520. The van der Waals surface area contributed by atoms with E-state index in [1.165, 1.54) is 18.4 Å². The molecule has 1 aromatic carbocycles. The lowest BCUT2D eigenvalue weighted by Crippen LogP contribution is -2.49. The zero-order chi connectivity index (χ0) is 21.5. The van der Waals surface area contributed by atoms with Crippen LogP contribution in [0.2, 0.25) is 0 Å². The lowest BCUT2D eigenvalue weighted by Gasteiger charge is -2.41. The average Bonchev–Trinajstić information content (AvgIpc) is 2.84. The Bertz CT molecular complexity index is 811. The first-order valence-corrected chi connectivity index (χ1v) is 11.5. The molecule has 1 amide bonds. The SMILES string of the molecule is COc1ccc(CN2CCC(N3CCC(C(=O)NCc4cccnc4)CC3)CC2)cc1. The number of pyridine rings is 1. The summed E-state index contributed by atoms with van der Waals surface area (Å²) < 4.78 is 5.25. The molecular formula is C25H34N4O2. The zero-order valence-corrected chi connectivity index (χ0v) is 18.5. The van der Waals surface area contributed by atoms with Crippen LogP contribution in [0.1, 0.15) is 36.8 Å². The summed E-state index contributed by atoms with van der Waals surface area (Å²) in [6, 6.07) is 13.0. The van der Waals surface area contributed by atoms with Gasteiger partial charge in [-0.3, -0.25) is 14.7 Å². The fourth-order valence-electron chi connectivity index (χ4n) is 4.79. The largest absolute Gasteiger partial charge is 0.497 e. The van der Waals surface area contributed by atoms with Crippen LogP contribution in [0.5, 0.6) is 5.75 Å². The van der Waals surface area contributed by atoms with Crippen LogP contribution in [0.15, 0.2) is 48.8 Å². The molecular weight excluding hydrogens is 388 g/mol. The number of nitrogens with zero attached hydrogens (tertiary/aromatic N) is 3. The predicted octanol–water partition coefficient (Wildman–Crippen LogP) is 3.08. The molecule has 2 aromatic rings. The molecule has 3 heterocycles. The third-order valence-electron chi connectivity index (χ3n) is 6.73. The molecule has 0 radical (unpaired) electrons. The molecule has 0 saturated carbocycles. The molecule has 0 spiro atoms. The third-order valence-corrected chi connectivity index (χ3v) is 6.73. The molecule has 0 bridgehead atoms. The lowest BCUT2D eigenvalue weighted by molar-refractivity contribution is -0.126. The lowest BCUT2D eigenvalue weighted by atomic mass is 9.92. The maximum atomic E-state index is 12.5. The number of hydrogen-bond acceptors (Lipinski definition) is 5. The number of nitrogens with one attached hydrogen (secondary N) is 1. The van der Waals surface area contributed by atoms with Gasteiger partial charge in [-0.2, -0.15) is 0 Å². The van der Waals surface area contributed by atoms with E-state index < -0.39 is 0 Å². The summed E-state index contributed by atoms with van der Waals surface area (Å²) in [5.41, 5.74) is 2.40. The van der Waals surface area contributed by atoms with Crippen molar-refractivity contribution in [1.82, 2.24) is 20.1 Å². The first kappa shape index (κ1) is 21.8. The second-order valence-corrected chi connectivity index (χ2v) is 8.74. The van der Waals surface area contributed by atoms with Gasteiger partial charge in [-0.05, 0) is 81.2 Å². The molecule has 1 N–H and O–H groups in total. The van der Waals surface area contributed by atoms with Crippen LogP contribution in [0.4, 0.5) is 0 Å². The quantitative estimate of drug-likeness (QED) is 0.743. The second-order valence-electron chi connectivity index (χ2n) is 8.74. The van der Waals surface area contributed by atoms with E-state index in [1.807, 2.05) is 30.5 Å². The number of amides is 1. The van der Waals surface area contributed by atoms with Crippen LogP contribution >= 0.6 is 0 Å². The molecule has 0 aliphatic carbocycles. The number of benzene rings is 1. The van der Waals surface area contributed by atoms with E-state index in [0.29, 0.717) is 12.6 Å². The van der Waals surface area contributed by atoms with Gasteiger partial charge in [0.2, 0.25) is 5.91 Å². The molecule has 6 nitrogen and oxygen atoms in total. The van der Waals surface area contributed by atoms with Gasteiger partial charge in [0, 0.05) is 37.4 Å². The van der Waals surface area contributed by atoms with Crippen LogP contribution in [0, 0.1) is 5.92 Å². The van der Waals surface area contributed by atoms with E-state index in [4.69, 9.17) is 4.74 Å². The van der Waals surface area contributed by atoms with Gasteiger partial charge in [-0.15, -0.1) is 0 Å². The summed E-state index contributed by atoms with van der Waals surface area (Å²) in [5.74, 6) is 1.25. The van der Waals surface area contributed by atoms with Crippen molar-refractivity contribution in [2.75, 3.05) is 33.3 Å². The molecule has 166 valence electrons. The number of rotatable bonds is 7. The number of methoxy groups -OCH3 is 1. The van der Waals surface area contributed by atoms with Crippen LogP contribution in [0.3, 0.4) is 0 Å². The minimum Gasteiger partial charge on any atom is -0.497 e. The highest BCUT2D eigenvalue weighted by Gasteiger charge is 2.30. The van der Waals surface area contributed by atoms with Crippen molar-refractivity contribution in [3.05, 3.63) is 59.9 Å². The van der Waals surface area contributed by atoms with Crippen molar-refractivity contribution in [2.45, 2.75) is 44.8 Å². The molecule has 2 aliphatic rings. The molecule has 4 rings (SSSR count). The standard InChI is InChI=1S/C25H34N4O2/c1-31-24-6-4-20(5-7-24)19-28-13-10-23(11-14-28)29-15-8-22(9-16-29)25(30)27-18-21-3-2-12-26-17-21/h2-7,12,17,22-23H,8-11,13-16,18-19H2,1H3,(H,27,30). The fourth-order valence-corrected chi connectivity index (χ4v) is 4.79. The second kappa shape index (κ2) is 10.7. The summed E-state index contributed by atoms with van der Waals surface area (Å²) in [6.45, 7) is 5.93. The summed E-state index contributed by atoms with van der Waals surface area (Å²) >= 11 is 0. The van der Waals surface area contributed by atoms with Gasteiger partial charge < -0.3 is 15.0 Å². The summed E-state index contributed by atoms with van der Waals surface area (Å²) in [7, 11) is 1.71. The summed E-state index contributed by atoms with van der Waals surface area (Å²) in [4.78, 5) is 21.8. The number of likely N-dealkylation sites (tertiary alicyclic amines) is 2. The molecule has 1 aromatic heterocycles. The Balaban J connectivity index is 1.16. The Morgan fingerprint density at radius 1 is 1.03 bits per heavy atom. The Kier molecular flexibility index (Phi) is 7.54. The summed E-state index contributed by atoms with van der Waals surface area (Å²) in [6.07, 6.45) is 7.92. The Labute approximate surface area is 185 Å². The number of carbonyl (C=O) groups is 1. The minimum absolute atomic E-state index is 0.142. The topological polar surface area (TPSA) is 57.7 Å². The van der Waals surface area contributed by atoms with Gasteiger partial charge >= 0.3 is 0 Å². The normalized spacial score (nSPS) is 19.3. The van der Waals surface area contributed by atoms with Crippen molar-refractivity contribution in [3.63, 3.8) is 0 Å². The van der Waals surface area contributed by atoms with E-state index in [0.717, 1.165) is 56.9 Å². The van der Waals surface area contributed by atoms with Crippen molar-refractivity contribution in [1.29, 1.82) is 0 Å². The smallest absolute Gasteiger partial charge is 0.223 e. The van der Waals surface area contributed by atoms with Crippen LogP contribution in [-0.4, -0.2) is 60.0 Å². The molecule has 2 aliphatic heterocycles.